The molecular formula is C14H20N2O2. The van der Waals surface area contributed by atoms with Crippen molar-refractivity contribution in [3.8, 4) is 0 Å². The Morgan fingerprint density at radius 2 is 2.28 bits per heavy atom. The Labute approximate surface area is 108 Å². The molecule has 0 aliphatic carbocycles. The highest BCUT2D eigenvalue weighted by atomic mass is 16.3. The minimum Gasteiger partial charge on any atom is -0.396 e. The molecule has 0 radical (unpaired) electrons. The molecule has 0 spiro atoms. The summed E-state index contributed by atoms with van der Waals surface area (Å²) in [5.74, 6) is 0.00399. The van der Waals surface area contributed by atoms with E-state index in [1.165, 1.54) is 5.56 Å². The second kappa shape index (κ2) is 5.40. The number of anilines is 1. The Morgan fingerprint density at radius 3 is 2.94 bits per heavy atom. The van der Waals surface area contributed by atoms with Gasteiger partial charge in [0, 0.05) is 24.9 Å². The van der Waals surface area contributed by atoms with E-state index in [9.17, 15) is 4.79 Å². The molecule has 0 saturated carbocycles. The fraction of sp³-hybridized carbons (Fsp3) is 0.500. The molecular weight excluding hydrogens is 228 g/mol. The van der Waals surface area contributed by atoms with Crippen LogP contribution in [0.3, 0.4) is 0 Å². The van der Waals surface area contributed by atoms with E-state index < -0.39 is 0 Å². The number of hydrogen-bond donors (Lipinski definition) is 2. The third-order valence-electron chi connectivity index (χ3n) is 3.27. The first-order chi connectivity index (χ1) is 8.61. The summed E-state index contributed by atoms with van der Waals surface area (Å²) in [7, 11) is 0. The van der Waals surface area contributed by atoms with E-state index in [0.29, 0.717) is 6.42 Å². The maximum Gasteiger partial charge on any atom is 0.243 e. The standard InChI is InChI=1S/C14H20N2O2/c1-10-4-3-5-12(8-10)16-9-11(2)15-14(18)13(16)6-7-17/h3-5,8,11,13,17H,6-7,9H2,1-2H3,(H,15,18). The van der Waals surface area contributed by atoms with Crippen molar-refractivity contribution in [2.24, 2.45) is 0 Å². The van der Waals surface area contributed by atoms with Crippen LogP contribution in [0, 0.1) is 6.92 Å². The molecule has 18 heavy (non-hydrogen) atoms. The summed E-state index contributed by atoms with van der Waals surface area (Å²) in [4.78, 5) is 14.1. The number of rotatable bonds is 3. The number of carbonyl (C=O) groups is 1. The predicted octanol–water partition coefficient (Wildman–Crippen LogP) is 1.07. The monoisotopic (exact) mass is 248 g/mol. The van der Waals surface area contributed by atoms with Crippen molar-refractivity contribution < 1.29 is 9.90 Å². The number of nitrogens with one attached hydrogen (secondary N) is 1. The molecule has 0 bridgehead atoms. The molecule has 4 heteroatoms. The molecule has 2 N–H and O–H groups in total. The van der Waals surface area contributed by atoms with Gasteiger partial charge in [-0.2, -0.15) is 0 Å². The van der Waals surface area contributed by atoms with Crippen LogP contribution in [0.5, 0.6) is 0 Å². The van der Waals surface area contributed by atoms with Gasteiger partial charge in [0.05, 0.1) is 0 Å². The third-order valence-corrected chi connectivity index (χ3v) is 3.27. The van der Waals surface area contributed by atoms with Crippen LogP contribution in [0.15, 0.2) is 24.3 Å². The normalized spacial score (nSPS) is 23.9. The lowest BCUT2D eigenvalue weighted by molar-refractivity contribution is -0.124. The van der Waals surface area contributed by atoms with E-state index in [1.807, 2.05) is 32.0 Å². The van der Waals surface area contributed by atoms with Crippen molar-refractivity contribution in [1.29, 1.82) is 0 Å². The highest BCUT2D eigenvalue weighted by Crippen LogP contribution is 2.22. The largest absolute Gasteiger partial charge is 0.396 e. The zero-order valence-electron chi connectivity index (χ0n) is 10.9. The molecule has 98 valence electrons. The molecule has 1 aromatic rings. The maximum atomic E-state index is 12.0. The van der Waals surface area contributed by atoms with E-state index in [-0.39, 0.29) is 24.6 Å². The minimum atomic E-state index is -0.270. The van der Waals surface area contributed by atoms with E-state index >= 15 is 0 Å². The maximum absolute atomic E-state index is 12.0. The highest BCUT2D eigenvalue weighted by Gasteiger charge is 2.32. The number of carbonyl (C=O) groups excluding carboxylic acids is 1. The summed E-state index contributed by atoms with van der Waals surface area (Å²) < 4.78 is 0. The van der Waals surface area contributed by atoms with Gasteiger partial charge in [0.1, 0.15) is 6.04 Å². The Hall–Kier alpha value is -1.55. The van der Waals surface area contributed by atoms with Gasteiger partial charge < -0.3 is 15.3 Å². The Kier molecular flexibility index (Phi) is 3.87. The average molecular weight is 248 g/mol. The van der Waals surface area contributed by atoms with Crippen molar-refractivity contribution >= 4 is 11.6 Å². The molecule has 2 unspecified atom stereocenters. The Morgan fingerprint density at radius 1 is 1.50 bits per heavy atom. The first-order valence-corrected chi connectivity index (χ1v) is 6.36. The first kappa shape index (κ1) is 12.9. The lowest BCUT2D eigenvalue weighted by atomic mass is 10.0. The highest BCUT2D eigenvalue weighted by molar-refractivity contribution is 5.87. The topological polar surface area (TPSA) is 52.6 Å². The zero-order chi connectivity index (χ0) is 13.1. The average Bonchev–Trinajstić information content (AvgIpc) is 2.32. The molecule has 1 aromatic carbocycles. The van der Waals surface area contributed by atoms with Crippen LogP contribution in [0.1, 0.15) is 18.9 Å². The van der Waals surface area contributed by atoms with Crippen LogP contribution >= 0.6 is 0 Å². The summed E-state index contributed by atoms with van der Waals surface area (Å²) in [6, 6.07) is 8.00. The fourth-order valence-corrected chi connectivity index (χ4v) is 2.45. The molecule has 1 heterocycles. The van der Waals surface area contributed by atoms with E-state index in [2.05, 4.69) is 16.3 Å². The summed E-state index contributed by atoms with van der Waals surface area (Å²) in [6.45, 7) is 4.84. The van der Waals surface area contributed by atoms with Crippen molar-refractivity contribution in [2.45, 2.75) is 32.4 Å². The second-order valence-corrected chi connectivity index (χ2v) is 4.93. The number of benzene rings is 1. The molecule has 4 nitrogen and oxygen atoms in total. The Bertz CT molecular complexity index is 434. The van der Waals surface area contributed by atoms with Crippen LogP contribution in [0.2, 0.25) is 0 Å². The molecule has 0 aromatic heterocycles. The van der Waals surface area contributed by atoms with Crippen LogP contribution in [0.4, 0.5) is 5.69 Å². The molecule has 1 saturated heterocycles. The van der Waals surface area contributed by atoms with Gasteiger partial charge in [0.25, 0.3) is 0 Å². The number of amides is 1. The molecule has 1 fully saturated rings. The fourth-order valence-electron chi connectivity index (χ4n) is 2.45. The number of aryl methyl sites for hydroxylation is 1. The lowest BCUT2D eigenvalue weighted by Crippen LogP contribution is -2.59. The van der Waals surface area contributed by atoms with Crippen LogP contribution in [-0.2, 0) is 4.79 Å². The molecule has 1 amide bonds. The van der Waals surface area contributed by atoms with Crippen molar-refractivity contribution in [1.82, 2.24) is 5.32 Å². The number of hydrogen-bond acceptors (Lipinski definition) is 3. The van der Waals surface area contributed by atoms with Gasteiger partial charge in [-0.15, -0.1) is 0 Å². The Balaban J connectivity index is 2.28. The van der Waals surface area contributed by atoms with Crippen molar-refractivity contribution in [3.05, 3.63) is 29.8 Å². The summed E-state index contributed by atoms with van der Waals surface area (Å²) in [5.41, 5.74) is 2.23. The first-order valence-electron chi connectivity index (χ1n) is 6.36. The molecule has 2 rings (SSSR count). The van der Waals surface area contributed by atoms with Crippen molar-refractivity contribution in [3.63, 3.8) is 0 Å². The van der Waals surface area contributed by atoms with Gasteiger partial charge in [-0.3, -0.25) is 4.79 Å². The van der Waals surface area contributed by atoms with E-state index in [4.69, 9.17) is 5.11 Å². The van der Waals surface area contributed by atoms with Gasteiger partial charge >= 0.3 is 0 Å². The van der Waals surface area contributed by atoms with Crippen molar-refractivity contribution in [2.75, 3.05) is 18.1 Å². The summed E-state index contributed by atoms with van der Waals surface area (Å²) in [5, 5.41) is 12.1. The lowest BCUT2D eigenvalue weighted by Gasteiger charge is -2.39. The smallest absolute Gasteiger partial charge is 0.243 e. The molecule has 1 aliphatic heterocycles. The number of aliphatic hydroxyl groups is 1. The van der Waals surface area contributed by atoms with E-state index in [1.54, 1.807) is 0 Å². The van der Waals surface area contributed by atoms with Gasteiger partial charge in [0.15, 0.2) is 0 Å². The molecule has 2 atom stereocenters. The molecule has 1 aliphatic rings. The number of piperazine rings is 1. The third kappa shape index (κ3) is 2.64. The van der Waals surface area contributed by atoms with Crippen LogP contribution in [-0.4, -0.2) is 36.2 Å². The number of aliphatic hydroxyl groups excluding tert-OH is 1. The number of nitrogens with zero attached hydrogens (tertiary/aromatic N) is 1. The minimum absolute atomic E-state index is 0.00399. The summed E-state index contributed by atoms with van der Waals surface area (Å²) in [6.07, 6.45) is 0.465. The summed E-state index contributed by atoms with van der Waals surface area (Å²) >= 11 is 0. The predicted molar refractivity (Wildman–Crippen MR) is 71.6 cm³/mol. The quantitative estimate of drug-likeness (QED) is 0.841. The van der Waals surface area contributed by atoms with Crippen LogP contribution < -0.4 is 10.2 Å². The van der Waals surface area contributed by atoms with Gasteiger partial charge in [-0.1, -0.05) is 12.1 Å². The van der Waals surface area contributed by atoms with Gasteiger partial charge in [0.2, 0.25) is 5.91 Å². The van der Waals surface area contributed by atoms with E-state index in [0.717, 1.165) is 12.2 Å². The second-order valence-electron chi connectivity index (χ2n) is 4.93. The van der Waals surface area contributed by atoms with Gasteiger partial charge in [-0.05, 0) is 38.0 Å². The SMILES string of the molecule is Cc1cccc(N2CC(C)NC(=O)C2CCO)c1. The zero-order valence-corrected chi connectivity index (χ0v) is 10.9. The van der Waals surface area contributed by atoms with Gasteiger partial charge in [-0.25, -0.2) is 0 Å². The van der Waals surface area contributed by atoms with Crippen LogP contribution in [0.25, 0.3) is 0 Å².